The maximum absolute atomic E-state index is 12.1. The summed E-state index contributed by atoms with van der Waals surface area (Å²) in [4.78, 5) is 20.7. The zero-order chi connectivity index (χ0) is 24.4. The summed E-state index contributed by atoms with van der Waals surface area (Å²) in [6.07, 6.45) is 5.42. The number of amides is 1. The van der Waals surface area contributed by atoms with Crippen LogP contribution in [-0.2, 0) is 21.5 Å². The number of nitriles is 1. The number of hydrogen-bond donors (Lipinski definition) is 1. The van der Waals surface area contributed by atoms with Crippen molar-refractivity contribution in [1.82, 2.24) is 9.88 Å². The van der Waals surface area contributed by atoms with E-state index in [1.807, 2.05) is 37.4 Å². The fourth-order valence-corrected chi connectivity index (χ4v) is 5.21. The Morgan fingerprint density at radius 2 is 2.00 bits per heavy atom. The number of allylic oxidation sites excluding steroid dienone is 1. The summed E-state index contributed by atoms with van der Waals surface area (Å²) in [5.74, 6) is 0. The molecule has 0 saturated carbocycles. The van der Waals surface area contributed by atoms with Crippen molar-refractivity contribution in [3.63, 3.8) is 0 Å². The van der Waals surface area contributed by atoms with Gasteiger partial charge in [-0.05, 0) is 41.8 Å². The van der Waals surface area contributed by atoms with E-state index in [9.17, 15) is 15.2 Å². The lowest BCUT2D eigenvalue weighted by Gasteiger charge is -2.36. The number of pyridine rings is 1. The third-order valence-corrected chi connectivity index (χ3v) is 7.22. The largest absolute Gasteiger partial charge is 0.450 e. The zero-order valence-corrected chi connectivity index (χ0v) is 20.0. The Hall–Kier alpha value is -3.41. The Bertz CT molecular complexity index is 1190. The number of aromatic nitrogens is 1. The zero-order valence-electron chi connectivity index (χ0n) is 20.0. The van der Waals surface area contributed by atoms with Crippen LogP contribution in [0.2, 0.25) is 0 Å². The van der Waals surface area contributed by atoms with Crippen molar-refractivity contribution in [1.29, 1.82) is 5.26 Å². The first-order chi connectivity index (χ1) is 17.0. The molecule has 0 atom stereocenters. The molecule has 2 aromatic rings. The highest BCUT2D eigenvalue weighted by Gasteiger charge is 2.33. The second-order valence-electron chi connectivity index (χ2n) is 9.23. The van der Waals surface area contributed by atoms with Crippen LogP contribution in [0.5, 0.6) is 0 Å². The number of anilines is 1. The van der Waals surface area contributed by atoms with E-state index >= 15 is 0 Å². The van der Waals surface area contributed by atoms with Crippen LogP contribution in [0.4, 0.5) is 10.5 Å². The van der Waals surface area contributed by atoms with Gasteiger partial charge in [-0.25, -0.2) is 4.79 Å². The molecule has 1 N–H and O–H groups in total. The van der Waals surface area contributed by atoms with Gasteiger partial charge in [0.15, 0.2) is 0 Å². The molecule has 1 amide bonds. The van der Waals surface area contributed by atoms with Gasteiger partial charge in [0.25, 0.3) is 0 Å². The minimum atomic E-state index is -0.949. The molecule has 0 spiro atoms. The third kappa shape index (κ3) is 4.49. The van der Waals surface area contributed by atoms with E-state index in [0.29, 0.717) is 57.7 Å². The van der Waals surface area contributed by atoms with Crippen LogP contribution >= 0.6 is 0 Å². The maximum Gasteiger partial charge on any atom is 0.409 e. The first-order valence-electron chi connectivity index (χ1n) is 12.2. The number of rotatable bonds is 4. The van der Waals surface area contributed by atoms with Crippen molar-refractivity contribution in [3.8, 4) is 6.07 Å². The maximum atomic E-state index is 12.1. The quantitative estimate of drug-likeness (QED) is 0.726. The van der Waals surface area contributed by atoms with Crippen LogP contribution in [-0.4, -0.2) is 67.1 Å². The first-order valence-corrected chi connectivity index (χ1v) is 12.2. The molecule has 0 radical (unpaired) electrons. The number of nitrogens with zero attached hydrogens (tertiary/aromatic N) is 4. The van der Waals surface area contributed by atoms with Crippen molar-refractivity contribution in [3.05, 3.63) is 58.4 Å². The average molecular weight is 475 g/mol. The van der Waals surface area contributed by atoms with E-state index in [-0.39, 0.29) is 6.09 Å². The summed E-state index contributed by atoms with van der Waals surface area (Å²) < 4.78 is 10.5. The van der Waals surface area contributed by atoms with E-state index < -0.39 is 5.60 Å². The molecule has 1 aromatic carbocycles. The molecule has 3 aliphatic rings. The monoisotopic (exact) mass is 474 g/mol. The Morgan fingerprint density at radius 1 is 1.23 bits per heavy atom. The predicted octanol–water partition coefficient (Wildman–Crippen LogP) is 3.33. The fraction of sp³-hybridized carbons (Fsp3) is 0.444. The number of ether oxygens (including phenoxy) is 2. The number of carbonyl (C=O) groups excluding carboxylic acids is 1. The minimum absolute atomic E-state index is 0.257. The van der Waals surface area contributed by atoms with E-state index in [0.717, 1.165) is 46.7 Å². The van der Waals surface area contributed by atoms with E-state index in [4.69, 9.17) is 9.47 Å². The summed E-state index contributed by atoms with van der Waals surface area (Å²) in [6, 6.07) is 10.1. The first kappa shape index (κ1) is 23.3. The van der Waals surface area contributed by atoms with Crippen molar-refractivity contribution < 1.29 is 19.4 Å². The summed E-state index contributed by atoms with van der Waals surface area (Å²) in [5.41, 5.74) is 5.47. The molecular weight excluding hydrogens is 444 g/mol. The molecule has 1 aliphatic carbocycles. The van der Waals surface area contributed by atoms with Crippen LogP contribution < -0.4 is 4.90 Å². The van der Waals surface area contributed by atoms with Gasteiger partial charge in [0.1, 0.15) is 0 Å². The summed E-state index contributed by atoms with van der Waals surface area (Å²) >= 11 is 0. The smallest absolute Gasteiger partial charge is 0.409 e. The van der Waals surface area contributed by atoms with Gasteiger partial charge >= 0.3 is 6.09 Å². The molecule has 8 nitrogen and oxygen atoms in total. The lowest BCUT2D eigenvalue weighted by Crippen LogP contribution is -2.49. The lowest BCUT2D eigenvalue weighted by atomic mass is 9.84. The van der Waals surface area contributed by atoms with Crippen LogP contribution in [0, 0.1) is 11.3 Å². The van der Waals surface area contributed by atoms with Gasteiger partial charge in [-0.2, -0.15) is 5.26 Å². The van der Waals surface area contributed by atoms with Gasteiger partial charge in [0.2, 0.25) is 0 Å². The standard InChI is InChI=1S/C27H30N4O4/c1-2-35-26(32)31-11-9-30(10-12-31)25-5-8-29-24-17-19(16-23(24)25)22-4-3-21(15-20(22)18-28)27(33)6-13-34-14-7-27/h3-5,8,15-16,33H,2,6-7,9-14,17H2,1H3. The summed E-state index contributed by atoms with van der Waals surface area (Å²) in [5, 5.41) is 21.0. The molecule has 2 aliphatic heterocycles. The SMILES string of the molecule is CCOC(=O)N1CCN(c2ccnc3c2C=C(c2ccc(C4(O)CCOCC4)cc2C#N)C3)CC1. The van der Waals surface area contributed by atoms with E-state index in [1.54, 1.807) is 4.90 Å². The van der Waals surface area contributed by atoms with Gasteiger partial charge in [-0.1, -0.05) is 12.1 Å². The molecule has 0 unspecified atom stereocenters. The molecule has 0 bridgehead atoms. The highest BCUT2D eigenvalue weighted by Crippen LogP contribution is 2.39. The number of piperazine rings is 1. The van der Waals surface area contributed by atoms with Crippen LogP contribution in [0.15, 0.2) is 30.5 Å². The molecule has 3 heterocycles. The molecule has 8 heteroatoms. The molecule has 1 aromatic heterocycles. The highest BCUT2D eigenvalue weighted by atomic mass is 16.6. The molecule has 2 saturated heterocycles. The average Bonchev–Trinajstić information content (AvgIpc) is 3.33. The fourth-order valence-electron chi connectivity index (χ4n) is 5.21. The number of carbonyl (C=O) groups is 1. The molecule has 35 heavy (non-hydrogen) atoms. The Balaban J connectivity index is 1.39. The summed E-state index contributed by atoms with van der Waals surface area (Å²) in [6.45, 7) is 5.89. The third-order valence-electron chi connectivity index (χ3n) is 7.22. The van der Waals surface area contributed by atoms with Gasteiger partial charge in [-0.15, -0.1) is 0 Å². The van der Waals surface area contributed by atoms with Crippen molar-refractivity contribution in [2.45, 2.75) is 31.8 Å². The highest BCUT2D eigenvalue weighted by molar-refractivity contribution is 5.93. The van der Waals surface area contributed by atoms with Gasteiger partial charge < -0.3 is 24.4 Å². The second kappa shape index (κ2) is 9.68. The van der Waals surface area contributed by atoms with Crippen LogP contribution in [0.3, 0.4) is 0 Å². The molecule has 5 rings (SSSR count). The van der Waals surface area contributed by atoms with Crippen molar-refractivity contribution >= 4 is 23.4 Å². The van der Waals surface area contributed by atoms with Crippen LogP contribution in [0.1, 0.15) is 47.7 Å². The Labute approximate surface area is 205 Å². The van der Waals surface area contributed by atoms with Gasteiger partial charge in [0.05, 0.1) is 29.5 Å². The normalized spacial score (nSPS) is 19.1. The number of benzene rings is 1. The number of hydrogen-bond acceptors (Lipinski definition) is 7. The van der Waals surface area contributed by atoms with E-state index in [1.165, 1.54) is 0 Å². The van der Waals surface area contributed by atoms with E-state index in [2.05, 4.69) is 22.0 Å². The molecule has 2 fully saturated rings. The van der Waals surface area contributed by atoms with Crippen LogP contribution in [0.25, 0.3) is 11.6 Å². The summed E-state index contributed by atoms with van der Waals surface area (Å²) in [7, 11) is 0. The number of fused-ring (bicyclic) bond motifs is 1. The predicted molar refractivity (Wildman–Crippen MR) is 132 cm³/mol. The van der Waals surface area contributed by atoms with Gasteiger partial charge in [0, 0.05) is 76.1 Å². The minimum Gasteiger partial charge on any atom is -0.450 e. The lowest BCUT2D eigenvalue weighted by molar-refractivity contribution is -0.0679. The number of aliphatic hydroxyl groups is 1. The molecule has 182 valence electrons. The Morgan fingerprint density at radius 3 is 2.71 bits per heavy atom. The molecular formula is C27H30N4O4. The van der Waals surface area contributed by atoms with Crippen molar-refractivity contribution in [2.75, 3.05) is 50.9 Å². The van der Waals surface area contributed by atoms with Gasteiger partial charge in [-0.3, -0.25) is 4.98 Å². The topological polar surface area (TPSA) is 98.9 Å². The second-order valence-corrected chi connectivity index (χ2v) is 9.23. The Kier molecular flexibility index (Phi) is 6.46. The van der Waals surface area contributed by atoms with Crippen molar-refractivity contribution in [2.24, 2.45) is 0 Å².